The number of carbonyl (C=O) groups excluding carboxylic acids is 1. The highest BCUT2D eigenvalue weighted by molar-refractivity contribution is 5.83. The number of piperazine rings is 1. The molecule has 5 heteroatoms. The molecule has 2 aromatic rings. The van der Waals surface area contributed by atoms with E-state index >= 15 is 0 Å². The monoisotopic (exact) mass is 336 g/mol. The standard InChI is InChI=1S/C20H24N4O/c1-14-3-4-16(11-15(14)2)17-12-18(17)20(25)24-9-7-23(8-10-24)19-13-21-5-6-22-19/h3-6,11,13,17-18H,7-10,12H2,1-2H3/t17-,18+/m1/s1. The zero-order valence-electron chi connectivity index (χ0n) is 14.9. The number of nitrogens with zero attached hydrogens (tertiary/aromatic N) is 4. The predicted molar refractivity (Wildman–Crippen MR) is 97.6 cm³/mol. The molecule has 1 saturated carbocycles. The fourth-order valence-corrected chi connectivity index (χ4v) is 3.68. The zero-order valence-corrected chi connectivity index (χ0v) is 14.9. The number of amides is 1. The van der Waals surface area contributed by atoms with Crippen molar-refractivity contribution in [3.8, 4) is 0 Å². The van der Waals surface area contributed by atoms with Gasteiger partial charge in [0.2, 0.25) is 5.91 Å². The molecule has 0 bridgehead atoms. The van der Waals surface area contributed by atoms with Gasteiger partial charge in [0.25, 0.3) is 0 Å². The minimum atomic E-state index is 0.171. The lowest BCUT2D eigenvalue weighted by Gasteiger charge is -2.35. The maximum absolute atomic E-state index is 12.8. The Kier molecular flexibility index (Phi) is 4.15. The quantitative estimate of drug-likeness (QED) is 0.864. The van der Waals surface area contributed by atoms with Crippen molar-refractivity contribution in [1.29, 1.82) is 0 Å². The van der Waals surface area contributed by atoms with E-state index in [9.17, 15) is 4.79 Å². The van der Waals surface area contributed by atoms with Crippen LogP contribution in [0.2, 0.25) is 0 Å². The van der Waals surface area contributed by atoms with Crippen molar-refractivity contribution in [1.82, 2.24) is 14.9 Å². The normalized spacial score (nSPS) is 22.8. The molecule has 0 N–H and O–H groups in total. The van der Waals surface area contributed by atoms with Crippen LogP contribution in [-0.4, -0.2) is 47.0 Å². The van der Waals surface area contributed by atoms with Crippen LogP contribution in [-0.2, 0) is 4.79 Å². The molecular formula is C20H24N4O. The number of aromatic nitrogens is 2. The molecule has 0 unspecified atom stereocenters. The van der Waals surface area contributed by atoms with Crippen molar-refractivity contribution in [2.45, 2.75) is 26.2 Å². The molecule has 130 valence electrons. The number of rotatable bonds is 3. The highest BCUT2D eigenvalue weighted by Crippen LogP contribution is 2.48. The van der Waals surface area contributed by atoms with Crippen LogP contribution in [0.25, 0.3) is 0 Å². The molecule has 1 aromatic heterocycles. The minimum Gasteiger partial charge on any atom is -0.352 e. The first-order valence-corrected chi connectivity index (χ1v) is 9.00. The van der Waals surface area contributed by atoms with Gasteiger partial charge in [0, 0.05) is 44.5 Å². The Morgan fingerprint density at radius 3 is 2.56 bits per heavy atom. The molecule has 1 aliphatic carbocycles. The lowest BCUT2D eigenvalue weighted by atomic mass is 10.0. The maximum atomic E-state index is 12.8. The number of carbonyl (C=O) groups is 1. The maximum Gasteiger partial charge on any atom is 0.226 e. The molecule has 5 nitrogen and oxygen atoms in total. The first kappa shape index (κ1) is 16.1. The lowest BCUT2D eigenvalue weighted by molar-refractivity contribution is -0.133. The molecule has 2 atom stereocenters. The van der Waals surface area contributed by atoms with Gasteiger partial charge in [-0.1, -0.05) is 18.2 Å². The second-order valence-corrected chi connectivity index (χ2v) is 7.17. The Bertz CT molecular complexity index is 769. The van der Waals surface area contributed by atoms with E-state index in [1.165, 1.54) is 16.7 Å². The third-order valence-corrected chi connectivity index (χ3v) is 5.53. The highest BCUT2D eigenvalue weighted by atomic mass is 16.2. The van der Waals surface area contributed by atoms with Crippen molar-refractivity contribution in [2.75, 3.05) is 31.1 Å². The van der Waals surface area contributed by atoms with Gasteiger partial charge in [-0.3, -0.25) is 9.78 Å². The van der Waals surface area contributed by atoms with E-state index in [-0.39, 0.29) is 5.92 Å². The summed E-state index contributed by atoms with van der Waals surface area (Å²) in [6.07, 6.45) is 6.17. The van der Waals surface area contributed by atoms with E-state index in [0.717, 1.165) is 38.4 Å². The number of aryl methyl sites for hydroxylation is 2. The topological polar surface area (TPSA) is 49.3 Å². The van der Waals surface area contributed by atoms with Crippen LogP contribution >= 0.6 is 0 Å². The fraction of sp³-hybridized carbons (Fsp3) is 0.450. The molecule has 4 rings (SSSR count). The molecule has 1 saturated heterocycles. The summed E-state index contributed by atoms with van der Waals surface area (Å²) in [6.45, 7) is 7.46. The molecule has 2 aliphatic rings. The minimum absolute atomic E-state index is 0.171. The molecule has 2 heterocycles. The first-order valence-electron chi connectivity index (χ1n) is 9.00. The Morgan fingerprint density at radius 2 is 1.88 bits per heavy atom. The van der Waals surface area contributed by atoms with E-state index in [1.807, 2.05) is 4.90 Å². The summed E-state index contributed by atoms with van der Waals surface area (Å²) in [6, 6.07) is 6.61. The summed E-state index contributed by atoms with van der Waals surface area (Å²) >= 11 is 0. The third-order valence-electron chi connectivity index (χ3n) is 5.53. The van der Waals surface area contributed by atoms with Gasteiger partial charge >= 0.3 is 0 Å². The largest absolute Gasteiger partial charge is 0.352 e. The van der Waals surface area contributed by atoms with Gasteiger partial charge in [0.05, 0.1) is 6.20 Å². The number of hydrogen-bond acceptors (Lipinski definition) is 4. The molecule has 2 fully saturated rings. The summed E-state index contributed by atoms with van der Waals surface area (Å²) in [4.78, 5) is 25.5. The van der Waals surface area contributed by atoms with Crippen molar-refractivity contribution >= 4 is 11.7 Å². The van der Waals surface area contributed by atoms with E-state index < -0.39 is 0 Å². The number of anilines is 1. The third kappa shape index (κ3) is 3.23. The first-order chi connectivity index (χ1) is 12.1. The van der Waals surface area contributed by atoms with E-state index in [4.69, 9.17) is 0 Å². The molecule has 0 radical (unpaired) electrons. The van der Waals surface area contributed by atoms with Gasteiger partial charge in [0.1, 0.15) is 5.82 Å². The zero-order chi connectivity index (χ0) is 17.4. The van der Waals surface area contributed by atoms with E-state index in [1.54, 1.807) is 18.6 Å². The summed E-state index contributed by atoms with van der Waals surface area (Å²) in [5.74, 6) is 1.80. The van der Waals surface area contributed by atoms with Crippen molar-refractivity contribution < 1.29 is 4.79 Å². The van der Waals surface area contributed by atoms with Gasteiger partial charge in [-0.25, -0.2) is 4.98 Å². The second kappa shape index (κ2) is 6.47. The molecule has 25 heavy (non-hydrogen) atoms. The van der Waals surface area contributed by atoms with Crippen molar-refractivity contribution in [3.05, 3.63) is 53.5 Å². The Balaban J connectivity index is 1.35. The summed E-state index contributed by atoms with van der Waals surface area (Å²) in [5.41, 5.74) is 3.94. The number of benzene rings is 1. The van der Waals surface area contributed by atoms with Gasteiger partial charge < -0.3 is 9.80 Å². The molecule has 1 amide bonds. The second-order valence-electron chi connectivity index (χ2n) is 7.17. The van der Waals surface area contributed by atoms with Gasteiger partial charge in [-0.2, -0.15) is 0 Å². The lowest BCUT2D eigenvalue weighted by Crippen LogP contribution is -2.49. The van der Waals surface area contributed by atoms with Crippen molar-refractivity contribution in [2.24, 2.45) is 5.92 Å². The average molecular weight is 336 g/mol. The Labute approximate surface area is 148 Å². The van der Waals surface area contributed by atoms with Gasteiger partial charge in [0.15, 0.2) is 0 Å². The van der Waals surface area contributed by atoms with Crippen LogP contribution in [0.1, 0.15) is 29.0 Å². The summed E-state index contributed by atoms with van der Waals surface area (Å²) in [7, 11) is 0. The smallest absolute Gasteiger partial charge is 0.226 e. The van der Waals surface area contributed by atoms with Crippen LogP contribution in [0, 0.1) is 19.8 Å². The summed E-state index contributed by atoms with van der Waals surface area (Å²) in [5, 5.41) is 0. The summed E-state index contributed by atoms with van der Waals surface area (Å²) < 4.78 is 0. The van der Waals surface area contributed by atoms with Gasteiger partial charge in [-0.05, 0) is 42.9 Å². The van der Waals surface area contributed by atoms with E-state index in [0.29, 0.717) is 11.8 Å². The highest BCUT2D eigenvalue weighted by Gasteiger charge is 2.46. The van der Waals surface area contributed by atoms with E-state index in [2.05, 4.69) is 46.9 Å². The van der Waals surface area contributed by atoms with Crippen LogP contribution in [0.15, 0.2) is 36.8 Å². The molecular weight excluding hydrogens is 312 g/mol. The van der Waals surface area contributed by atoms with Crippen LogP contribution in [0.3, 0.4) is 0 Å². The van der Waals surface area contributed by atoms with Crippen LogP contribution in [0.5, 0.6) is 0 Å². The Hall–Kier alpha value is -2.43. The Morgan fingerprint density at radius 1 is 1.08 bits per heavy atom. The molecule has 1 aromatic carbocycles. The predicted octanol–water partition coefficient (Wildman–Crippen LogP) is 2.55. The molecule has 1 aliphatic heterocycles. The average Bonchev–Trinajstić information content (AvgIpc) is 3.45. The molecule has 0 spiro atoms. The van der Waals surface area contributed by atoms with Crippen LogP contribution < -0.4 is 4.90 Å². The van der Waals surface area contributed by atoms with Crippen LogP contribution in [0.4, 0.5) is 5.82 Å². The fourth-order valence-electron chi connectivity index (χ4n) is 3.68. The van der Waals surface area contributed by atoms with Crippen molar-refractivity contribution in [3.63, 3.8) is 0 Å². The number of hydrogen-bond donors (Lipinski definition) is 0. The SMILES string of the molecule is Cc1ccc([C@H]2C[C@@H]2C(=O)N2CCN(c3cnccn3)CC2)cc1C. The van der Waals surface area contributed by atoms with Gasteiger partial charge in [-0.15, -0.1) is 0 Å².